The summed E-state index contributed by atoms with van der Waals surface area (Å²) < 4.78 is 4.80. The second kappa shape index (κ2) is 7.17. The van der Waals surface area contributed by atoms with Crippen LogP contribution in [0.15, 0.2) is 24.3 Å². The Balaban J connectivity index is 2.74. The Hall–Kier alpha value is -1.35. The number of nitrogens with zero attached hydrogens (tertiary/aromatic N) is 1. The van der Waals surface area contributed by atoms with E-state index in [1.54, 1.807) is 0 Å². The summed E-state index contributed by atoms with van der Waals surface area (Å²) in [6.07, 6.45) is 1.17. The SMILES string of the molecule is CCC(C)CN(C)Cc1ccccc1C(=O)OC. The lowest BCUT2D eigenvalue weighted by atomic mass is 10.1. The number of esters is 1. The van der Waals surface area contributed by atoms with Crippen LogP contribution >= 0.6 is 0 Å². The lowest BCUT2D eigenvalue weighted by molar-refractivity contribution is 0.0598. The quantitative estimate of drug-likeness (QED) is 0.726. The molecule has 3 heteroatoms. The highest BCUT2D eigenvalue weighted by Gasteiger charge is 2.13. The lowest BCUT2D eigenvalue weighted by Gasteiger charge is -2.21. The van der Waals surface area contributed by atoms with E-state index in [2.05, 4.69) is 25.8 Å². The Morgan fingerprint density at radius 1 is 1.39 bits per heavy atom. The fourth-order valence-corrected chi connectivity index (χ4v) is 1.98. The Labute approximate surface area is 110 Å². The molecular formula is C15H23NO2. The molecule has 18 heavy (non-hydrogen) atoms. The van der Waals surface area contributed by atoms with Gasteiger partial charge in [0.05, 0.1) is 12.7 Å². The van der Waals surface area contributed by atoms with E-state index < -0.39 is 0 Å². The van der Waals surface area contributed by atoms with Crippen molar-refractivity contribution in [2.75, 3.05) is 20.7 Å². The zero-order valence-corrected chi connectivity index (χ0v) is 11.8. The zero-order chi connectivity index (χ0) is 13.5. The minimum Gasteiger partial charge on any atom is -0.465 e. The number of hydrogen-bond donors (Lipinski definition) is 0. The van der Waals surface area contributed by atoms with Crippen LogP contribution in [-0.4, -0.2) is 31.6 Å². The van der Waals surface area contributed by atoms with E-state index in [1.165, 1.54) is 13.5 Å². The van der Waals surface area contributed by atoms with E-state index in [0.717, 1.165) is 18.7 Å². The van der Waals surface area contributed by atoms with Gasteiger partial charge in [-0.15, -0.1) is 0 Å². The summed E-state index contributed by atoms with van der Waals surface area (Å²) in [6, 6.07) is 7.63. The van der Waals surface area contributed by atoms with E-state index in [0.29, 0.717) is 11.5 Å². The third kappa shape index (κ3) is 4.15. The van der Waals surface area contributed by atoms with Gasteiger partial charge in [0.2, 0.25) is 0 Å². The number of carbonyl (C=O) groups excluding carboxylic acids is 1. The van der Waals surface area contributed by atoms with Crippen molar-refractivity contribution in [2.24, 2.45) is 5.92 Å². The van der Waals surface area contributed by atoms with Gasteiger partial charge in [-0.25, -0.2) is 4.79 Å². The molecule has 1 aromatic carbocycles. The molecule has 0 amide bonds. The van der Waals surface area contributed by atoms with E-state index in [1.807, 2.05) is 24.3 Å². The molecule has 0 aliphatic heterocycles. The van der Waals surface area contributed by atoms with E-state index in [-0.39, 0.29) is 5.97 Å². The van der Waals surface area contributed by atoms with Crippen molar-refractivity contribution in [1.29, 1.82) is 0 Å². The van der Waals surface area contributed by atoms with Crippen LogP contribution in [0, 0.1) is 5.92 Å². The zero-order valence-electron chi connectivity index (χ0n) is 11.8. The molecule has 0 aromatic heterocycles. The van der Waals surface area contributed by atoms with Gasteiger partial charge in [-0.2, -0.15) is 0 Å². The molecule has 1 aromatic rings. The highest BCUT2D eigenvalue weighted by Crippen LogP contribution is 2.13. The molecule has 3 nitrogen and oxygen atoms in total. The normalized spacial score (nSPS) is 12.5. The number of methoxy groups -OCH3 is 1. The Morgan fingerprint density at radius 3 is 2.67 bits per heavy atom. The van der Waals surface area contributed by atoms with Crippen LogP contribution in [0.3, 0.4) is 0 Å². The summed E-state index contributed by atoms with van der Waals surface area (Å²) >= 11 is 0. The molecule has 1 atom stereocenters. The summed E-state index contributed by atoms with van der Waals surface area (Å²) in [6.45, 7) is 6.24. The third-order valence-corrected chi connectivity index (χ3v) is 3.18. The minimum atomic E-state index is -0.262. The molecular weight excluding hydrogens is 226 g/mol. The maximum absolute atomic E-state index is 11.7. The van der Waals surface area contributed by atoms with Gasteiger partial charge in [-0.05, 0) is 24.6 Å². The molecule has 0 radical (unpaired) electrons. The van der Waals surface area contributed by atoms with Crippen LogP contribution in [0.2, 0.25) is 0 Å². The second-order valence-corrected chi connectivity index (χ2v) is 4.86. The second-order valence-electron chi connectivity index (χ2n) is 4.86. The lowest BCUT2D eigenvalue weighted by Crippen LogP contribution is -2.24. The van der Waals surface area contributed by atoms with Gasteiger partial charge in [-0.3, -0.25) is 0 Å². The van der Waals surface area contributed by atoms with Gasteiger partial charge in [0.15, 0.2) is 0 Å². The molecule has 0 heterocycles. The molecule has 1 unspecified atom stereocenters. The Bertz CT molecular complexity index is 390. The standard InChI is InChI=1S/C15H23NO2/c1-5-12(2)10-16(3)11-13-8-6-7-9-14(13)15(17)18-4/h6-9,12H,5,10-11H2,1-4H3. The van der Waals surface area contributed by atoms with Crippen molar-refractivity contribution in [3.63, 3.8) is 0 Å². The van der Waals surface area contributed by atoms with Crippen molar-refractivity contribution in [3.8, 4) is 0 Å². The molecule has 0 aliphatic carbocycles. The first-order chi connectivity index (χ1) is 8.58. The van der Waals surface area contributed by atoms with Gasteiger partial charge in [0, 0.05) is 13.1 Å². The van der Waals surface area contributed by atoms with E-state index in [4.69, 9.17) is 4.74 Å². The van der Waals surface area contributed by atoms with Crippen molar-refractivity contribution in [3.05, 3.63) is 35.4 Å². The van der Waals surface area contributed by atoms with Crippen LogP contribution in [0.1, 0.15) is 36.2 Å². The fraction of sp³-hybridized carbons (Fsp3) is 0.533. The smallest absolute Gasteiger partial charge is 0.338 e. The summed E-state index contributed by atoms with van der Waals surface area (Å²) in [5.74, 6) is 0.405. The number of hydrogen-bond acceptors (Lipinski definition) is 3. The predicted molar refractivity (Wildman–Crippen MR) is 73.6 cm³/mol. The van der Waals surface area contributed by atoms with Crippen LogP contribution in [-0.2, 0) is 11.3 Å². The monoisotopic (exact) mass is 249 g/mol. The number of benzene rings is 1. The molecule has 0 spiro atoms. The first kappa shape index (κ1) is 14.7. The largest absolute Gasteiger partial charge is 0.465 e. The third-order valence-electron chi connectivity index (χ3n) is 3.18. The van der Waals surface area contributed by atoms with E-state index >= 15 is 0 Å². The average molecular weight is 249 g/mol. The summed E-state index contributed by atoms with van der Waals surface area (Å²) in [5, 5.41) is 0. The fourth-order valence-electron chi connectivity index (χ4n) is 1.98. The van der Waals surface area contributed by atoms with Crippen molar-refractivity contribution < 1.29 is 9.53 Å². The maximum Gasteiger partial charge on any atom is 0.338 e. The first-order valence-corrected chi connectivity index (χ1v) is 6.43. The molecule has 1 rings (SSSR count). The molecule has 0 saturated heterocycles. The van der Waals surface area contributed by atoms with Crippen LogP contribution in [0.4, 0.5) is 0 Å². The Morgan fingerprint density at radius 2 is 2.06 bits per heavy atom. The van der Waals surface area contributed by atoms with Crippen molar-refractivity contribution in [1.82, 2.24) is 4.90 Å². The molecule has 0 N–H and O–H groups in total. The average Bonchev–Trinajstić information content (AvgIpc) is 2.38. The van der Waals surface area contributed by atoms with Crippen LogP contribution in [0.25, 0.3) is 0 Å². The maximum atomic E-state index is 11.7. The molecule has 0 aliphatic rings. The minimum absolute atomic E-state index is 0.262. The molecule has 0 bridgehead atoms. The van der Waals surface area contributed by atoms with Crippen molar-refractivity contribution >= 4 is 5.97 Å². The number of ether oxygens (including phenoxy) is 1. The van der Waals surface area contributed by atoms with E-state index in [9.17, 15) is 4.79 Å². The highest BCUT2D eigenvalue weighted by molar-refractivity contribution is 5.90. The van der Waals surface area contributed by atoms with Crippen LogP contribution < -0.4 is 0 Å². The molecule has 0 fully saturated rings. The first-order valence-electron chi connectivity index (χ1n) is 6.43. The van der Waals surface area contributed by atoms with Crippen molar-refractivity contribution in [2.45, 2.75) is 26.8 Å². The highest BCUT2D eigenvalue weighted by atomic mass is 16.5. The number of rotatable bonds is 6. The van der Waals surface area contributed by atoms with Gasteiger partial charge < -0.3 is 9.64 Å². The van der Waals surface area contributed by atoms with Gasteiger partial charge in [-0.1, -0.05) is 38.5 Å². The van der Waals surface area contributed by atoms with Crippen LogP contribution in [0.5, 0.6) is 0 Å². The topological polar surface area (TPSA) is 29.5 Å². The predicted octanol–water partition coefficient (Wildman–Crippen LogP) is 2.95. The van der Waals surface area contributed by atoms with Gasteiger partial charge in [0.25, 0.3) is 0 Å². The Kier molecular flexibility index (Phi) is 5.86. The molecule has 100 valence electrons. The summed E-state index contributed by atoms with van der Waals surface area (Å²) in [5.41, 5.74) is 1.69. The van der Waals surface area contributed by atoms with Gasteiger partial charge >= 0.3 is 5.97 Å². The summed E-state index contributed by atoms with van der Waals surface area (Å²) in [7, 11) is 3.50. The number of carbonyl (C=O) groups is 1. The van der Waals surface area contributed by atoms with Gasteiger partial charge in [0.1, 0.15) is 0 Å². The molecule has 0 saturated carbocycles. The summed E-state index contributed by atoms with van der Waals surface area (Å²) in [4.78, 5) is 13.9.